The standard InChI is InChI=1S/C11H10F3N3/c1-6-5-17(2)11(15-6)16-10-4-8(13)7(12)3-9(10)14/h3-5H,1-2H3,(H,15,16). The smallest absolute Gasteiger partial charge is 0.207 e. The molecule has 0 aliphatic carbocycles. The number of benzene rings is 1. The van der Waals surface area contributed by atoms with Crippen LogP contribution in [0, 0.1) is 24.4 Å². The molecule has 1 heterocycles. The molecule has 0 saturated heterocycles. The van der Waals surface area contributed by atoms with Gasteiger partial charge in [0.05, 0.1) is 11.4 Å². The number of rotatable bonds is 2. The third-order valence-electron chi connectivity index (χ3n) is 2.25. The monoisotopic (exact) mass is 241 g/mol. The maximum Gasteiger partial charge on any atom is 0.207 e. The molecule has 0 saturated carbocycles. The summed E-state index contributed by atoms with van der Waals surface area (Å²) < 4.78 is 40.6. The predicted molar refractivity (Wildman–Crippen MR) is 57.5 cm³/mol. The Morgan fingerprint density at radius 2 is 1.76 bits per heavy atom. The van der Waals surface area contributed by atoms with E-state index < -0.39 is 17.5 Å². The van der Waals surface area contributed by atoms with Crippen LogP contribution in [0.3, 0.4) is 0 Å². The van der Waals surface area contributed by atoms with E-state index in [0.29, 0.717) is 12.0 Å². The van der Waals surface area contributed by atoms with Crippen molar-refractivity contribution in [2.24, 2.45) is 7.05 Å². The van der Waals surface area contributed by atoms with Gasteiger partial charge in [-0.15, -0.1) is 0 Å². The predicted octanol–water partition coefficient (Wildman–Crippen LogP) is 2.89. The molecule has 1 N–H and O–H groups in total. The zero-order chi connectivity index (χ0) is 12.6. The highest BCUT2D eigenvalue weighted by molar-refractivity contribution is 5.55. The molecule has 3 nitrogen and oxygen atoms in total. The Morgan fingerprint density at radius 3 is 2.35 bits per heavy atom. The van der Waals surface area contributed by atoms with Gasteiger partial charge in [-0.3, -0.25) is 0 Å². The first-order chi connectivity index (χ1) is 7.97. The third kappa shape index (κ3) is 2.25. The maximum absolute atomic E-state index is 13.3. The number of nitrogens with one attached hydrogen (secondary N) is 1. The van der Waals surface area contributed by atoms with Crippen molar-refractivity contribution in [1.29, 1.82) is 0 Å². The molecule has 0 fully saturated rings. The Labute approximate surface area is 95.9 Å². The van der Waals surface area contributed by atoms with Gasteiger partial charge in [-0.1, -0.05) is 0 Å². The minimum atomic E-state index is -1.22. The molecule has 0 atom stereocenters. The molecule has 1 aromatic heterocycles. The molecule has 0 aliphatic rings. The molecule has 0 bridgehead atoms. The van der Waals surface area contributed by atoms with Gasteiger partial charge in [-0.25, -0.2) is 18.2 Å². The van der Waals surface area contributed by atoms with Gasteiger partial charge in [0.2, 0.25) is 5.95 Å². The first-order valence-corrected chi connectivity index (χ1v) is 4.89. The molecular weight excluding hydrogens is 231 g/mol. The van der Waals surface area contributed by atoms with Gasteiger partial charge >= 0.3 is 0 Å². The van der Waals surface area contributed by atoms with Crippen molar-refractivity contribution in [2.45, 2.75) is 6.92 Å². The van der Waals surface area contributed by atoms with Gasteiger partial charge in [0, 0.05) is 25.4 Å². The second-order valence-corrected chi connectivity index (χ2v) is 3.69. The van der Waals surface area contributed by atoms with Crippen LogP contribution in [0.1, 0.15) is 5.69 Å². The topological polar surface area (TPSA) is 29.9 Å². The molecule has 1 aromatic carbocycles. The van der Waals surface area contributed by atoms with Crippen molar-refractivity contribution in [3.63, 3.8) is 0 Å². The van der Waals surface area contributed by atoms with Crippen LogP contribution in [-0.2, 0) is 7.05 Å². The first-order valence-electron chi connectivity index (χ1n) is 4.89. The van der Waals surface area contributed by atoms with Gasteiger partial charge in [0.25, 0.3) is 0 Å². The molecular formula is C11H10F3N3. The first kappa shape index (κ1) is 11.5. The lowest BCUT2D eigenvalue weighted by Gasteiger charge is -2.07. The van der Waals surface area contributed by atoms with Crippen LogP contribution in [0.2, 0.25) is 0 Å². The van der Waals surface area contributed by atoms with Crippen LogP contribution in [-0.4, -0.2) is 9.55 Å². The van der Waals surface area contributed by atoms with Crippen molar-refractivity contribution >= 4 is 11.6 Å². The Balaban J connectivity index is 2.36. The van der Waals surface area contributed by atoms with E-state index >= 15 is 0 Å². The van der Waals surface area contributed by atoms with E-state index in [-0.39, 0.29) is 5.69 Å². The van der Waals surface area contributed by atoms with Crippen LogP contribution in [0.25, 0.3) is 0 Å². The Morgan fingerprint density at radius 1 is 1.12 bits per heavy atom. The summed E-state index contributed by atoms with van der Waals surface area (Å²) in [5, 5.41) is 2.60. The van der Waals surface area contributed by atoms with Gasteiger partial charge in [0.1, 0.15) is 5.82 Å². The zero-order valence-corrected chi connectivity index (χ0v) is 9.26. The highest BCUT2D eigenvalue weighted by Crippen LogP contribution is 2.22. The molecule has 90 valence electrons. The summed E-state index contributed by atoms with van der Waals surface area (Å²) in [4.78, 5) is 4.07. The fourth-order valence-electron chi connectivity index (χ4n) is 1.47. The second kappa shape index (κ2) is 4.12. The fraction of sp³-hybridized carbons (Fsp3) is 0.182. The van der Waals surface area contributed by atoms with Gasteiger partial charge in [-0.2, -0.15) is 0 Å². The lowest BCUT2D eigenvalue weighted by Crippen LogP contribution is -2.02. The van der Waals surface area contributed by atoms with Crippen LogP contribution in [0.5, 0.6) is 0 Å². The van der Waals surface area contributed by atoms with Crippen molar-refractivity contribution in [3.8, 4) is 0 Å². The van der Waals surface area contributed by atoms with Crippen molar-refractivity contribution in [1.82, 2.24) is 9.55 Å². The summed E-state index contributed by atoms with van der Waals surface area (Å²) in [5.74, 6) is -2.85. The number of imidazole rings is 1. The number of aryl methyl sites for hydroxylation is 2. The average Bonchev–Trinajstić information content (AvgIpc) is 2.54. The van der Waals surface area contributed by atoms with Crippen LogP contribution in [0.15, 0.2) is 18.3 Å². The summed E-state index contributed by atoms with van der Waals surface area (Å²) in [5.41, 5.74) is 0.579. The SMILES string of the molecule is Cc1cn(C)c(Nc2cc(F)c(F)cc2F)n1. The zero-order valence-electron chi connectivity index (χ0n) is 9.26. The molecule has 0 aliphatic heterocycles. The molecule has 0 amide bonds. The van der Waals surface area contributed by atoms with E-state index in [1.165, 1.54) is 0 Å². The lowest BCUT2D eigenvalue weighted by molar-refractivity contribution is 0.496. The summed E-state index contributed by atoms with van der Waals surface area (Å²) in [6, 6.07) is 1.25. The van der Waals surface area contributed by atoms with Crippen LogP contribution >= 0.6 is 0 Å². The molecule has 6 heteroatoms. The number of halogens is 3. The minimum Gasteiger partial charge on any atom is -0.323 e. The molecule has 0 unspecified atom stereocenters. The van der Waals surface area contributed by atoms with E-state index in [4.69, 9.17) is 0 Å². The normalized spacial score (nSPS) is 10.6. The highest BCUT2D eigenvalue weighted by Gasteiger charge is 2.11. The van der Waals surface area contributed by atoms with E-state index in [0.717, 1.165) is 11.8 Å². The summed E-state index contributed by atoms with van der Waals surface area (Å²) >= 11 is 0. The summed E-state index contributed by atoms with van der Waals surface area (Å²) in [7, 11) is 1.71. The van der Waals surface area contributed by atoms with E-state index in [1.807, 2.05) is 0 Å². The van der Waals surface area contributed by atoms with Gasteiger partial charge in [-0.05, 0) is 6.92 Å². The van der Waals surface area contributed by atoms with E-state index in [9.17, 15) is 13.2 Å². The molecule has 2 rings (SSSR count). The Kier molecular flexibility index (Phi) is 2.79. The minimum absolute atomic E-state index is 0.155. The highest BCUT2D eigenvalue weighted by atomic mass is 19.2. The van der Waals surface area contributed by atoms with Crippen molar-refractivity contribution < 1.29 is 13.2 Å². The quantitative estimate of drug-likeness (QED) is 0.819. The fourth-order valence-corrected chi connectivity index (χ4v) is 1.47. The Bertz CT molecular complexity index is 563. The van der Waals surface area contributed by atoms with Crippen molar-refractivity contribution in [2.75, 3.05) is 5.32 Å². The second-order valence-electron chi connectivity index (χ2n) is 3.69. The van der Waals surface area contributed by atoms with Crippen LogP contribution in [0.4, 0.5) is 24.8 Å². The largest absolute Gasteiger partial charge is 0.323 e. The summed E-state index contributed by atoms with van der Waals surface area (Å²) in [6.45, 7) is 1.77. The number of hydrogen-bond donors (Lipinski definition) is 1. The molecule has 17 heavy (non-hydrogen) atoms. The maximum atomic E-state index is 13.3. The third-order valence-corrected chi connectivity index (χ3v) is 2.25. The molecule has 2 aromatic rings. The number of nitrogens with zero attached hydrogens (tertiary/aromatic N) is 2. The van der Waals surface area contributed by atoms with Crippen LogP contribution < -0.4 is 5.32 Å². The number of anilines is 2. The molecule has 0 spiro atoms. The van der Waals surface area contributed by atoms with E-state index in [2.05, 4.69) is 10.3 Å². The van der Waals surface area contributed by atoms with E-state index in [1.54, 1.807) is 24.7 Å². The lowest BCUT2D eigenvalue weighted by atomic mass is 10.3. The molecule has 0 radical (unpaired) electrons. The Hall–Kier alpha value is -1.98. The van der Waals surface area contributed by atoms with Crippen molar-refractivity contribution in [3.05, 3.63) is 41.5 Å². The average molecular weight is 241 g/mol. The summed E-state index contributed by atoms with van der Waals surface area (Å²) in [6.07, 6.45) is 1.72. The van der Waals surface area contributed by atoms with Gasteiger partial charge in [0.15, 0.2) is 11.6 Å². The number of hydrogen-bond acceptors (Lipinski definition) is 2. The van der Waals surface area contributed by atoms with Gasteiger partial charge < -0.3 is 9.88 Å². The number of aromatic nitrogens is 2.